The fourth-order valence-electron chi connectivity index (χ4n) is 0.888. The van der Waals surface area contributed by atoms with Crippen LogP contribution in [0.3, 0.4) is 0 Å². The molecule has 5 nitrogen and oxygen atoms in total. The fraction of sp³-hybridized carbons (Fsp3) is 0.429. The molecule has 1 heterocycles. The summed E-state index contributed by atoms with van der Waals surface area (Å²) in [5.74, 6) is 5.48. The molecule has 66 valence electrons. The Kier molecular flexibility index (Phi) is 2.57. The maximum Gasteiger partial charge on any atom is 0.162 e. The number of aliphatic imine (C=N–C) groups is 1. The lowest BCUT2D eigenvalue weighted by Crippen LogP contribution is -2.42. The van der Waals surface area contributed by atoms with Gasteiger partial charge in [0, 0.05) is 19.0 Å². The summed E-state index contributed by atoms with van der Waals surface area (Å²) in [4.78, 5) is 14.9. The molecule has 0 spiro atoms. The van der Waals surface area contributed by atoms with Crippen molar-refractivity contribution < 1.29 is 4.79 Å². The van der Waals surface area contributed by atoms with Gasteiger partial charge in [0.2, 0.25) is 0 Å². The zero-order chi connectivity index (χ0) is 9.14. The van der Waals surface area contributed by atoms with Gasteiger partial charge in [-0.25, -0.2) is 5.84 Å². The molecule has 0 radical (unpaired) electrons. The molecule has 0 saturated heterocycles. The van der Waals surface area contributed by atoms with Gasteiger partial charge < -0.3 is 5.73 Å². The van der Waals surface area contributed by atoms with Crippen LogP contribution in [-0.4, -0.2) is 29.7 Å². The molecular weight excluding hydrogens is 156 g/mol. The molecule has 1 unspecified atom stereocenters. The van der Waals surface area contributed by atoms with Gasteiger partial charge in [-0.15, -0.1) is 0 Å². The number of ketones is 1. The van der Waals surface area contributed by atoms with Crippen LogP contribution < -0.4 is 11.6 Å². The molecule has 0 aliphatic carbocycles. The largest absolute Gasteiger partial charge is 0.327 e. The summed E-state index contributed by atoms with van der Waals surface area (Å²) >= 11 is 0. The van der Waals surface area contributed by atoms with Gasteiger partial charge in [0.25, 0.3) is 0 Å². The highest BCUT2D eigenvalue weighted by Crippen LogP contribution is 2.05. The van der Waals surface area contributed by atoms with Crippen molar-refractivity contribution in [3.63, 3.8) is 0 Å². The standard InChI is InChI=1S/C7H12N4O/c1-5(12)6-3-10-7(2-8)11(9)4-6/h3-4,7H,2,8-9H2,1H3. The number of allylic oxidation sites excluding steroid dienone is 1. The Bertz CT molecular complexity index is 246. The molecule has 1 aliphatic rings. The highest BCUT2D eigenvalue weighted by molar-refractivity contribution is 6.12. The number of hydrogen-bond acceptors (Lipinski definition) is 5. The first-order valence-corrected chi connectivity index (χ1v) is 3.64. The topological polar surface area (TPSA) is 84.7 Å². The lowest BCUT2D eigenvalue weighted by molar-refractivity contribution is -0.113. The Morgan fingerprint density at radius 2 is 2.50 bits per heavy atom. The molecule has 0 amide bonds. The van der Waals surface area contributed by atoms with Crippen molar-refractivity contribution in [2.75, 3.05) is 6.54 Å². The molecule has 4 N–H and O–H groups in total. The minimum atomic E-state index is -0.243. The highest BCUT2D eigenvalue weighted by Gasteiger charge is 2.15. The second-order valence-corrected chi connectivity index (χ2v) is 2.58. The van der Waals surface area contributed by atoms with E-state index in [4.69, 9.17) is 11.6 Å². The van der Waals surface area contributed by atoms with Gasteiger partial charge in [-0.3, -0.25) is 14.8 Å². The van der Waals surface area contributed by atoms with Crippen LogP contribution in [0.25, 0.3) is 0 Å². The molecule has 0 aromatic rings. The summed E-state index contributed by atoms with van der Waals surface area (Å²) in [6.07, 6.45) is 2.81. The van der Waals surface area contributed by atoms with E-state index in [0.717, 1.165) is 0 Å². The summed E-state index contributed by atoms with van der Waals surface area (Å²) in [5.41, 5.74) is 5.87. The zero-order valence-corrected chi connectivity index (χ0v) is 6.90. The number of carbonyl (C=O) groups excluding carboxylic acids is 1. The smallest absolute Gasteiger partial charge is 0.162 e. The van der Waals surface area contributed by atoms with Crippen LogP contribution in [-0.2, 0) is 4.79 Å². The Morgan fingerprint density at radius 3 is 2.92 bits per heavy atom. The van der Waals surface area contributed by atoms with E-state index in [1.165, 1.54) is 18.1 Å². The van der Waals surface area contributed by atoms with Crippen LogP contribution in [0, 0.1) is 0 Å². The predicted octanol–water partition coefficient (Wildman–Crippen LogP) is -0.996. The van der Waals surface area contributed by atoms with Crippen molar-refractivity contribution in [3.05, 3.63) is 11.8 Å². The first-order chi connectivity index (χ1) is 5.65. The molecule has 1 rings (SSSR count). The third-order valence-corrected chi connectivity index (χ3v) is 1.64. The summed E-state index contributed by atoms with van der Waals surface area (Å²) in [6.45, 7) is 1.81. The van der Waals surface area contributed by atoms with Crippen molar-refractivity contribution in [3.8, 4) is 0 Å². The number of Topliss-reactive ketones (excluding diaryl/α,β-unsaturated/α-hetero) is 1. The van der Waals surface area contributed by atoms with Gasteiger partial charge >= 0.3 is 0 Å². The maximum absolute atomic E-state index is 10.9. The van der Waals surface area contributed by atoms with Crippen LogP contribution in [0.5, 0.6) is 0 Å². The van der Waals surface area contributed by atoms with E-state index in [1.54, 1.807) is 6.20 Å². The average molecular weight is 168 g/mol. The molecular formula is C7H12N4O. The van der Waals surface area contributed by atoms with Gasteiger partial charge in [0.1, 0.15) is 6.17 Å². The number of hydrogen-bond donors (Lipinski definition) is 2. The predicted molar refractivity (Wildman–Crippen MR) is 46.1 cm³/mol. The van der Waals surface area contributed by atoms with Gasteiger partial charge in [-0.2, -0.15) is 0 Å². The third-order valence-electron chi connectivity index (χ3n) is 1.64. The minimum absolute atomic E-state index is 0.0512. The third kappa shape index (κ3) is 1.69. The molecule has 12 heavy (non-hydrogen) atoms. The summed E-state index contributed by atoms with van der Waals surface area (Å²) in [5, 5.41) is 1.34. The Balaban J connectivity index is 2.75. The van der Waals surface area contributed by atoms with Gasteiger partial charge in [-0.05, 0) is 6.92 Å². The van der Waals surface area contributed by atoms with E-state index >= 15 is 0 Å². The molecule has 0 saturated carbocycles. The van der Waals surface area contributed by atoms with Crippen LogP contribution in [0.1, 0.15) is 6.92 Å². The van der Waals surface area contributed by atoms with E-state index in [0.29, 0.717) is 12.1 Å². The molecule has 1 atom stereocenters. The maximum atomic E-state index is 10.9. The lowest BCUT2D eigenvalue weighted by atomic mass is 10.2. The van der Waals surface area contributed by atoms with Crippen molar-refractivity contribution in [2.45, 2.75) is 13.1 Å². The Labute approximate surface area is 70.7 Å². The highest BCUT2D eigenvalue weighted by atomic mass is 16.1. The van der Waals surface area contributed by atoms with Gasteiger partial charge in [0.05, 0.1) is 5.57 Å². The zero-order valence-electron chi connectivity index (χ0n) is 6.90. The minimum Gasteiger partial charge on any atom is -0.327 e. The van der Waals surface area contributed by atoms with Crippen LogP contribution in [0.4, 0.5) is 0 Å². The molecule has 0 fully saturated rings. The molecule has 0 aromatic heterocycles. The second kappa shape index (κ2) is 3.46. The van der Waals surface area contributed by atoms with Crippen LogP contribution in [0.15, 0.2) is 16.8 Å². The van der Waals surface area contributed by atoms with Crippen LogP contribution in [0.2, 0.25) is 0 Å². The van der Waals surface area contributed by atoms with Crippen molar-refractivity contribution in [2.24, 2.45) is 16.6 Å². The average Bonchev–Trinajstić information content (AvgIpc) is 2.04. The summed E-state index contributed by atoms with van der Waals surface area (Å²) in [7, 11) is 0. The molecule has 1 aliphatic heterocycles. The first kappa shape index (κ1) is 8.89. The van der Waals surface area contributed by atoms with E-state index in [9.17, 15) is 4.79 Å². The summed E-state index contributed by atoms with van der Waals surface area (Å²) in [6, 6.07) is 0. The SMILES string of the molecule is CC(=O)C1=CN(N)C(CN)N=C1. The molecule has 5 heteroatoms. The van der Waals surface area contributed by atoms with Crippen LogP contribution >= 0.6 is 0 Å². The number of carbonyl (C=O) groups is 1. The molecule has 0 bridgehead atoms. The number of nitrogens with two attached hydrogens (primary N) is 2. The second-order valence-electron chi connectivity index (χ2n) is 2.58. The van der Waals surface area contributed by atoms with E-state index in [2.05, 4.69) is 4.99 Å². The summed E-state index contributed by atoms with van der Waals surface area (Å²) < 4.78 is 0. The Morgan fingerprint density at radius 1 is 1.83 bits per heavy atom. The van der Waals surface area contributed by atoms with Gasteiger partial charge in [-0.1, -0.05) is 0 Å². The monoisotopic (exact) mass is 168 g/mol. The van der Waals surface area contributed by atoms with E-state index < -0.39 is 0 Å². The van der Waals surface area contributed by atoms with Gasteiger partial charge in [0.15, 0.2) is 5.78 Å². The first-order valence-electron chi connectivity index (χ1n) is 3.64. The van der Waals surface area contributed by atoms with Crippen molar-refractivity contribution in [1.82, 2.24) is 5.01 Å². The Hall–Kier alpha value is -1.20. The fourth-order valence-corrected chi connectivity index (χ4v) is 0.888. The number of nitrogens with zero attached hydrogens (tertiary/aromatic N) is 2. The quantitative estimate of drug-likeness (QED) is 0.518. The lowest BCUT2D eigenvalue weighted by Gasteiger charge is -2.24. The molecule has 0 aromatic carbocycles. The number of rotatable bonds is 2. The van der Waals surface area contributed by atoms with Crippen molar-refractivity contribution >= 4 is 12.0 Å². The number of hydrazine groups is 1. The van der Waals surface area contributed by atoms with E-state index in [1.807, 2.05) is 0 Å². The normalized spacial score (nSPS) is 22.4. The van der Waals surface area contributed by atoms with Crippen molar-refractivity contribution in [1.29, 1.82) is 0 Å². The van der Waals surface area contributed by atoms with E-state index in [-0.39, 0.29) is 11.9 Å².